The van der Waals surface area contributed by atoms with Crippen LogP contribution in [0.2, 0.25) is 0 Å². The molecule has 3 rings (SSSR count). The van der Waals surface area contributed by atoms with Gasteiger partial charge in [-0.2, -0.15) is 10.5 Å². The average molecular weight is 354 g/mol. The molecular weight excluding hydrogens is 328 g/mol. The smallest absolute Gasteiger partial charge is 0.172 e. The number of methoxy groups -OCH3 is 1. The Bertz CT molecular complexity index is 769. The topological polar surface area (TPSA) is 90.9 Å². The van der Waals surface area contributed by atoms with Crippen molar-refractivity contribution in [3.05, 3.63) is 11.6 Å². The first-order valence-corrected chi connectivity index (χ1v) is 9.25. The van der Waals surface area contributed by atoms with E-state index in [0.29, 0.717) is 19.4 Å². The van der Waals surface area contributed by atoms with Crippen LogP contribution in [0.5, 0.6) is 0 Å². The molecule has 3 aliphatic carbocycles. The number of ether oxygens (including phenoxy) is 1. The molecule has 5 heteroatoms. The van der Waals surface area contributed by atoms with E-state index in [1.165, 1.54) is 0 Å². The SMILES string of the molecule is COC[C@@]12CC[C@H]3C(C)(C)C(=O)C(C#N)C[C@]3(C)C1=CC(=O)C(C#N)C2. The van der Waals surface area contributed by atoms with Gasteiger partial charge in [0.05, 0.1) is 18.7 Å². The van der Waals surface area contributed by atoms with E-state index in [1.54, 1.807) is 13.2 Å². The first kappa shape index (κ1) is 18.8. The van der Waals surface area contributed by atoms with E-state index in [-0.39, 0.29) is 22.9 Å². The molecule has 0 aromatic rings. The maximum Gasteiger partial charge on any atom is 0.172 e. The molecule has 5 nitrogen and oxygen atoms in total. The normalized spacial score (nSPS) is 41.3. The second kappa shape index (κ2) is 6.03. The maximum atomic E-state index is 12.8. The summed E-state index contributed by atoms with van der Waals surface area (Å²) in [5.41, 5.74) is -0.377. The number of carbonyl (C=O) groups excluding carboxylic acids is 2. The maximum absolute atomic E-state index is 12.8. The van der Waals surface area contributed by atoms with Gasteiger partial charge < -0.3 is 4.74 Å². The predicted molar refractivity (Wildman–Crippen MR) is 94.5 cm³/mol. The van der Waals surface area contributed by atoms with Crippen molar-refractivity contribution in [3.8, 4) is 12.1 Å². The van der Waals surface area contributed by atoms with Gasteiger partial charge in [0.15, 0.2) is 11.6 Å². The molecule has 5 atom stereocenters. The van der Waals surface area contributed by atoms with Gasteiger partial charge in [-0.15, -0.1) is 0 Å². The minimum absolute atomic E-state index is 0.0133. The summed E-state index contributed by atoms with van der Waals surface area (Å²) in [5, 5.41) is 19.0. The minimum Gasteiger partial charge on any atom is -0.384 e. The van der Waals surface area contributed by atoms with E-state index < -0.39 is 22.7 Å². The molecule has 0 aliphatic heterocycles. The Balaban J connectivity index is 2.18. The molecule has 0 spiro atoms. The Kier molecular flexibility index (Phi) is 4.36. The number of hydrogen-bond donors (Lipinski definition) is 0. The van der Waals surface area contributed by atoms with Crippen molar-refractivity contribution in [2.75, 3.05) is 13.7 Å². The van der Waals surface area contributed by atoms with Crippen molar-refractivity contribution in [1.29, 1.82) is 10.5 Å². The summed E-state index contributed by atoms with van der Waals surface area (Å²) in [7, 11) is 1.64. The molecular formula is C21H26N2O3. The molecule has 0 aromatic heterocycles. The molecule has 0 saturated heterocycles. The van der Waals surface area contributed by atoms with Gasteiger partial charge >= 0.3 is 0 Å². The first-order valence-electron chi connectivity index (χ1n) is 9.25. The van der Waals surface area contributed by atoms with Crippen LogP contribution in [0.3, 0.4) is 0 Å². The third-order valence-electron chi connectivity index (χ3n) is 7.28. The fourth-order valence-corrected chi connectivity index (χ4v) is 6.18. The van der Waals surface area contributed by atoms with E-state index >= 15 is 0 Å². The zero-order chi connectivity index (χ0) is 19.3. The zero-order valence-electron chi connectivity index (χ0n) is 16.0. The van der Waals surface area contributed by atoms with Gasteiger partial charge in [0.2, 0.25) is 0 Å². The number of nitrogens with zero attached hydrogens (tertiary/aromatic N) is 2. The van der Waals surface area contributed by atoms with Gasteiger partial charge in [0.1, 0.15) is 11.8 Å². The van der Waals surface area contributed by atoms with Crippen molar-refractivity contribution in [3.63, 3.8) is 0 Å². The van der Waals surface area contributed by atoms with Crippen LogP contribution in [0.4, 0.5) is 0 Å². The Morgan fingerprint density at radius 2 is 1.81 bits per heavy atom. The first-order chi connectivity index (χ1) is 12.2. The standard InChI is InChI=1S/C21H26N2O3/c1-19(2)16-5-6-21(12-26-4)9-13(10-22)15(24)7-17(21)20(16,3)8-14(11-23)18(19)25/h7,13-14,16H,5-6,8-9,12H2,1-4H3/t13?,14?,16-,20-,21-/m0/s1. The average Bonchev–Trinajstić information content (AvgIpc) is 2.59. The molecule has 0 aromatic carbocycles. The Morgan fingerprint density at radius 1 is 1.15 bits per heavy atom. The molecule has 138 valence electrons. The third-order valence-corrected chi connectivity index (χ3v) is 7.28. The molecule has 2 fully saturated rings. The molecule has 2 unspecified atom stereocenters. The van der Waals surface area contributed by atoms with Crippen LogP contribution in [-0.2, 0) is 14.3 Å². The van der Waals surface area contributed by atoms with Crippen LogP contribution in [-0.4, -0.2) is 25.3 Å². The molecule has 2 saturated carbocycles. The largest absolute Gasteiger partial charge is 0.384 e. The monoisotopic (exact) mass is 354 g/mol. The summed E-state index contributed by atoms with van der Waals surface area (Å²) in [6.07, 6.45) is 4.20. The lowest BCUT2D eigenvalue weighted by Gasteiger charge is -2.61. The van der Waals surface area contributed by atoms with E-state index in [2.05, 4.69) is 19.1 Å². The molecule has 0 N–H and O–H groups in total. The fourth-order valence-electron chi connectivity index (χ4n) is 6.18. The van der Waals surface area contributed by atoms with Gasteiger partial charge in [-0.05, 0) is 43.1 Å². The van der Waals surface area contributed by atoms with Gasteiger partial charge in [-0.1, -0.05) is 26.3 Å². The lowest BCUT2D eigenvalue weighted by Crippen LogP contribution is -2.58. The number of ketones is 2. The van der Waals surface area contributed by atoms with E-state index in [4.69, 9.17) is 4.74 Å². The van der Waals surface area contributed by atoms with E-state index in [0.717, 1.165) is 18.4 Å². The van der Waals surface area contributed by atoms with Gasteiger partial charge in [-0.3, -0.25) is 9.59 Å². The summed E-state index contributed by atoms with van der Waals surface area (Å²) in [6, 6.07) is 4.34. The zero-order valence-corrected chi connectivity index (χ0v) is 16.0. The third kappa shape index (κ3) is 2.37. The Hall–Kier alpha value is -1.98. The highest BCUT2D eigenvalue weighted by molar-refractivity contribution is 5.96. The summed E-state index contributed by atoms with van der Waals surface area (Å²) in [4.78, 5) is 25.4. The number of rotatable bonds is 2. The van der Waals surface area contributed by atoms with Crippen molar-refractivity contribution in [2.24, 2.45) is 34.0 Å². The van der Waals surface area contributed by atoms with Gasteiger partial charge in [-0.25, -0.2) is 0 Å². The molecule has 0 radical (unpaired) electrons. The molecule has 0 heterocycles. The summed E-state index contributed by atoms with van der Waals surface area (Å²) in [5.74, 6) is -1.36. The number of nitriles is 2. The van der Waals surface area contributed by atoms with Crippen LogP contribution in [0.1, 0.15) is 46.5 Å². The highest BCUT2D eigenvalue weighted by Crippen LogP contribution is 2.66. The summed E-state index contributed by atoms with van der Waals surface area (Å²) in [6.45, 7) is 6.44. The molecule has 26 heavy (non-hydrogen) atoms. The minimum atomic E-state index is -0.658. The van der Waals surface area contributed by atoms with Crippen molar-refractivity contribution in [1.82, 2.24) is 0 Å². The van der Waals surface area contributed by atoms with Crippen LogP contribution >= 0.6 is 0 Å². The van der Waals surface area contributed by atoms with Gasteiger partial charge in [0, 0.05) is 17.9 Å². The lowest BCUT2D eigenvalue weighted by atomic mass is 9.42. The van der Waals surface area contributed by atoms with Crippen LogP contribution in [0.25, 0.3) is 0 Å². The number of allylic oxidation sites excluding steroid dienone is 1. The Labute approximate surface area is 155 Å². The molecule has 0 bridgehead atoms. The summed E-state index contributed by atoms with van der Waals surface area (Å²) < 4.78 is 5.53. The van der Waals surface area contributed by atoms with E-state index in [9.17, 15) is 20.1 Å². The van der Waals surface area contributed by atoms with Gasteiger partial charge in [0.25, 0.3) is 0 Å². The second-order valence-corrected chi connectivity index (χ2v) is 9.04. The second-order valence-electron chi connectivity index (χ2n) is 9.04. The molecule has 3 aliphatic rings. The predicted octanol–water partition coefficient (Wildman–Crippen LogP) is 3.21. The van der Waals surface area contributed by atoms with Crippen LogP contribution in [0, 0.1) is 56.7 Å². The highest BCUT2D eigenvalue weighted by atomic mass is 16.5. The Morgan fingerprint density at radius 3 is 2.38 bits per heavy atom. The number of carbonyl (C=O) groups is 2. The van der Waals surface area contributed by atoms with Crippen LogP contribution < -0.4 is 0 Å². The van der Waals surface area contributed by atoms with E-state index in [1.807, 2.05) is 13.8 Å². The number of fused-ring (bicyclic) bond motifs is 3. The van der Waals surface area contributed by atoms with Crippen LogP contribution in [0.15, 0.2) is 11.6 Å². The highest BCUT2D eigenvalue weighted by Gasteiger charge is 2.63. The summed E-state index contributed by atoms with van der Waals surface area (Å²) >= 11 is 0. The van der Waals surface area contributed by atoms with Crippen molar-refractivity contribution < 1.29 is 14.3 Å². The number of hydrogen-bond acceptors (Lipinski definition) is 5. The number of Topliss-reactive ketones (excluding diaryl/α,β-unsaturated/α-hetero) is 1. The van der Waals surface area contributed by atoms with Crippen molar-refractivity contribution in [2.45, 2.75) is 46.5 Å². The molecule has 0 amide bonds. The fraction of sp³-hybridized carbons (Fsp3) is 0.714. The lowest BCUT2D eigenvalue weighted by molar-refractivity contribution is -0.147. The van der Waals surface area contributed by atoms with Crippen molar-refractivity contribution >= 4 is 11.6 Å². The quantitative estimate of drug-likeness (QED) is 0.759.